The molecule has 0 aliphatic carbocycles. The molecule has 1 amide bonds. The van der Waals surface area contributed by atoms with Crippen molar-refractivity contribution >= 4 is 11.6 Å². The number of hydrogen-bond donors (Lipinski definition) is 2. The van der Waals surface area contributed by atoms with Crippen LogP contribution in [0.15, 0.2) is 16.7 Å². The van der Waals surface area contributed by atoms with Gasteiger partial charge in [-0.1, -0.05) is 0 Å². The first-order chi connectivity index (χ1) is 9.56. The topological polar surface area (TPSA) is 88.2 Å². The molecule has 6 heteroatoms. The van der Waals surface area contributed by atoms with Crippen molar-refractivity contribution in [3.63, 3.8) is 0 Å². The van der Waals surface area contributed by atoms with Gasteiger partial charge >= 0.3 is 0 Å². The predicted octanol–water partition coefficient (Wildman–Crippen LogP) is 1.83. The number of carbonyl (C=O) groups excluding carboxylic acids is 1. The number of anilines is 1. The summed E-state index contributed by atoms with van der Waals surface area (Å²) in [5.74, 6) is 1.70. The molecular weight excluding hydrogens is 256 g/mol. The van der Waals surface area contributed by atoms with E-state index in [4.69, 9.17) is 10.2 Å². The van der Waals surface area contributed by atoms with Gasteiger partial charge in [-0.2, -0.15) is 5.10 Å². The number of hydrogen-bond acceptors (Lipinski definition) is 4. The average molecular weight is 274 g/mol. The molecule has 3 heterocycles. The van der Waals surface area contributed by atoms with Crippen LogP contribution in [-0.4, -0.2) is 34.1 Å². The molecule has 1 fully saturated rings. The van der Waals surface area contributed by atoms with E-state index in [1.807, 2.05) is 18.7 Å². The SMILES string of the molecule is Cc1cc(C(=O)N2CCC(c3[nH]ncc3N)C2)c(C)o1. The van der Waals surface area contributed by atoms with Gasteiger partial charge in [0.25, 0.3) is 5.91 Å². The van der Waals surface area contributed by atoms with Crippen LogP contribution in [0.3, 0.4) is 0 Å². The summed E-state index contributed by atoms with van der Waals surface area (Å²) in [7, 11) is 0. The van der Waals surface area contributed by atoms with Crippen LogP contribution in [0.4, 0.5) is 5.69 Å². The molecule has 1 unspecified atom stereocenters. The van der Waals surface area contributed by atoms with Crippen LogP contribution >= 0.6 is 0 Å². The standard InChI is InChI=1S/C14H18N4O2/c1-8-5-11(9(2)20-8)14(19)18-4-3-10(7-18)13-12(15)6-16-17-13/h5-6,10H,3-4,7,15H2,1-2H3,(H,16,17). The number of H-pyrrole nitrogens is 1. The minimum absolute atomic E-state index is 0.0277. The van der Waals surface area contributed by atoms with E-state index in [9.17, 15) is 4.79 Å². The number of likely N-dealkylation sites (tertiary alicyclic amines) is 1. The molecule has 106 valence electrons. The lowest BCUT2D eigenvalue weighted by Crippen LogP contribution is -2.28. The lowest BCUT2D eigenvalue weighted by Gasteiger charge is -2.15. The minimum Gasteiger partial charge on any atom is -0.466 e. The highest BCUT2D eigenvalue weighted by atomic mass is 16.3. The Kier molecular flexibility index (Phi) is 3.00. The molecule has 1 aliphatic rings. The number of nitrogens with zero attached hydrogens (tertiary/aromatic N) is 2. The molecule has 6 nitrogen and oxygen atoms in total. The summed E-state index contributed by atoms with van der Waals surface area (Å²) < 4.78 is 5.43. The summed E-state index contributed by atoms with van der Waals surface area (Å²) in [6.07, 6.45) is 2.51. The first-order valence-electron chi connectivity index (χ1n) is 6.71. The molecular formula is C14H18N4O2. The molecule has 1 saturated heterocycles. The fraction of sp³-hybridized carbons (Fsp3) is 0.429. The summed E-state index contributed by atoms with van der Waals surface area (Å²) in [6.45, 7) is 5.06. The average Bonchev–Trinajstić information content (AvgIpc) is 3.08. The smallest absolute Gasteiger partial charge is 0.257 e. The maximum absolute atomic E-state index is 12.5. The van der Waals surface area contributed by atoms with Crippen LogP contribution in [0.2, 0.25) is 0 Å². The van der Waals surface area contributed by atoms with Crippen molar-refractivity contribution in [2.75, 3.05) is 18.8 Å². The van der Waals surface area contributed by atoms with Gasteiger partial charge in [0, 0.05) is 19.0 Å². The molecule has 3 rings (SSSR count). The van der Waals surface area contributed by atoms with Crippen molar-refractivity contribution in [3.8, 4) is 0 Å². The van der Waals surface area contributed by atoms with Gasteiger partial charge in [-0.15, -0.1) is 0 Å². The molecule has 1 aliphatic heterocycles. The number of aryl methyl sites for hydroxylation is 2. The third-order valence-electron chi connectivity index (χ3n) is 3.85. The quantitative estimate of drug-likeness (QED) is 0.874. The first-order valence-corrected chi connectivity index (χ1v) is 6.71. The number of aromatic amines is 1. The van der Waals surface area contributed by atoms with Crippen molar-refractivity contribution in [1.82, 2.24) is 15.1 Å². The van der Waals surface area contributed by atoms with Gasteiger partial charge < -0.3 is 15.1 Å². The lowest BCUT2D eigenvalue weighted by atomic mass is 10.0. The number of furan rings is 1. The third kappa shape index (κ3) is 2.07. The van der Waals surface area contributed by atoms with Crippen LogP contribution in [0.1, 0.15) is 39.9 Å². The molecule has 0 radical (unpaired) electrons. The van der Waals surface area contributed by atoms with Crippen molar-refractivity contribution in [1.29, 1.82) is 0 Å². The molecule has 20 heavy (non-hydrogen) atoms. The van der Waals surface area contributed by atoms with Crippen molar-refractivity contribution in [3.05, 3.63) is 35.0 Å². The highest BCUT2D eigenvalue weighted by Gasteiger charge is 2.31. The maximum atomic E-state index is 12.5. The number of amides is 1. The second-order valence-electron chi connectivity index (χ2n) is 5.30. The molecule has 0 bridgehead atoms. The largest absolute Gasteiger partial charge is 0.466 e. The Bertz CT molecular complexity index is 643. The zero-order chi connectivity index (χ0) is 14.3. The second kappa shape index (κ2) is 4.70. The lowest BCUT2D eigenvalue weighted by molar-refractivity contribution is 0.0789. The van der Waals surface area contributed by atoms with Crippen LogP contribution in [0.25, 0.3) is 0 Å². The number of aromatic nitrogens is 2. The Hall–Kier alpha value is -2.24. The van der Waals surface area contributed by atoms with E-state index < -0.39 is 0 Å². The third-order valence-corrected chi connectivity index (χ3v) is 3.85. The van der Waals surface area contributed by atoms with Crippen LogP contribution in [0.5, 0.6) is 0 Å². The summed E-state index contributed by atoms with van der Waals surface area (Å²) in [5, 5.41) is 6.87. The van der Waals surface area contributed by atoms with Gasteiger partial charge in [-0.25, -0.2) is 0 Å². The maximum Gasteiger partial charge on any atom is 0.257 e. The minimum atomic E-state index is 0.0277. The molecule has 3 N–H and O–H groups in total. The van der Waals surface area contributed by atoms with E-state index in [1.165, 1.54) is 0 Å². The Morgan fingerprint density at radius 2 is 2.35 bits per heavy atom. The van der Waals surface area contributed by atoms with Crippen molar-refractivity contribution < 1.29 is 9.21 Å². The zero-order valence-electron chi connectivity index (χ0n) is 11.6. The number of nitrogen functional groups attached to an aromatic ring is 1. The van der Waals surface area contributed by atoms with E-state index in [-0.39, 0.29) is 11.8 Å². The number of rotatable bonds is 2. The number of nitrogens with one attached hydrogen (secondary N) is 1. The molecule has 0 aromatic carbocycles. The Morgan fingerprint density at radius 3 is 2.95 bits per heavy atom. The summed E-state index contributed by atoms with van der Waals surface area (Å²) in [6, 6.07) is 1.80. The van der Waals surface area contributed by atoms with Gasteiger partial charge in [0.15, 0.2) is 0 Å². The molecule has 1 atom stereocenters. The Labute approximate surface area is 116 Å². The summed E-state index contributed by atoms with van der Waals surface area (Å²) in [5.41, 5.74) is 8.12. The monoisotopic (exact) mass is 274 g/mol. The van der Waals surface area contributed by atoms with Crippen LogP contribution in [-0.2, 0) is 0 Å². The number of nitrogens with two attached hydrogens (primary N) is 1. The zero-order valence-corrected chi connectivity index (χ0v) is 11.6. The summed E-state index contributed by atoms with van der Waals surface area (Å²) >= 11 is 0. The van der Waals surface area contributed by atoms with Crippen LogP contribution < -0.4 is 5.73 Å². The van der Waals surface area contributed by atoms with Gasteiger partial charge in [-0.3, -0.25) is 9.89 Å². The van der Waals surface area contributed by atoms with E-state index in [2.05, 4.69) is 10.2 Å². The van der Waals surface area contributed by atoms with Gasteiger partial charge in [0.05, 0.1) is 23.1 Å². The van der Waals surface area contributed by atoms with Gasteiger partial charge in [0.2, 0.25) is 0 Å². The van der Waals surface area contributed by atoms with E-state index in [0.29, 0.717) is 23.6 Å². The first kappa shape index (κ1) is 12.8. The highest BCUT2D eigenvalue weighted by molar-refractivity contribution is 5.95. The Balaban J connectivity index is 1.76. The molecule has 2 aromatic rings. The van der Waals surface area contributed by atoms with Gasteiger partial charge in [-0.05, 0) is 26.3 Å². The molecule has 0 saturated carbocycles. The second-order valence-corrected chi connectivity index (χ2v) is 5.30. The van der Waals surface area contributed by atoms with E-state index in [1.54, 1.807) is 12.3 Å². The normalized spacial score (nSPS) is 18.7. The Morgan fingerprint density at radius 1 is 1.55 bits per heavy atom. The molecule has 0 spiro atoms. The van der Waals surface area contributed by atoms with Crippen LogP contribution in [0, 0.1) is 13.8 Å². The fourth-order valence-electron chi connectivity index (χ4n) is 2.83. The summed E-state index contributed by atoms with van der Waals surface area (Å²) in [4.78, 5) is 14.3. The number of carbonyl (C=O) groups is 1. The predicted molar refractivity (Wildman–Crippen MR) is 74.4 cm³/mol. The van der Waals surface area contributed by atoms with E-state index >= 15 is 0 Å². The molecule has 2 aromatic heterocycles. The van der Waals surface area contributed by atoms with Crippen molar-refractivity contribution in [2.24, 2.45) is 0 Å². The fourth-order valence-corrected chi connectivity index (χ4v) is 2.83. The van der Waals surface area contributed by atoms with E-state index in [0.717, 1.165) is 24.4 Å². The van der Waals surface area contributed by atoms with Gasteiger partial charge in [0.1, 0.15) is 11.5 Å². The highest BCUT2D eigenvalue weighted by Crippen LogP contribution is 2.30. The van der Waals surface area contributed by atoms with Crippen molar-refractivity contribution in [2.45, 2.75) is 26.2 Å².